The topological polar surface area (TPSA) is 201 Å². The van der Waals surface area contributed by atoms with Crippen LogP contribution in [0.15, 0.2) is 59.5 Å². The van der Waals surface area contributed by atoms with Gasteiger partial charge in [-0.3, -0.25) is 9.68 Å². The predicted molar refractivity (Wildman–Crippen MR) is 127 cm³/mol. The van der Waals surface area contributed by atoms with Gasteiger partial charge < -0.3 is 14.2 Å². The van der Waals surface area contributed by atoms with Crippen molar-refractivity contribution < 1.29 is 52.1 Å². The second-order valence-corrected chi connectivity index (χ2v) is 9.19. The third-order valence-electron chi connectivity index (χ3n) is 4.55. The van der Waals surface area contributed by atoms with Gasteiger partial charge in [0.1, 0.15) is 13.2 Å². The van der Waals surface area contributed by atoms with E-state index in [1.54, 1.807) is 37.3 Å². The van der Waals surface area contributed by atoms with Crippen molar-refractivity contribution in [1.29, 1.82) is 0 Å². The molecule has 0 aliphatic carbocycles. The van der Waals surface area contributed by atoms with E-state index in [4.69, 9.17) is 9.47 Å². The molecule has 0 radical (unpaired) electrons. The molecule has 0 aromatic heterocycles. The Kier molecular flexibility index (Phi) is 10.5. The number of carbonyl (C=O) groups excluding carboxylic acids is 2. The summed E-state index contributed by atoms with van der Waals surface area (Å²) in [6, 6.07) is 13.6. The van der Waals surface area contributed by atoms with E-state index in [2.05, 4.69) is 14.4 Å². The van der Waals surface area contributed by atoms with Crippen molar-refractivity contribution in [2.75, 3.05) is 26.1 Å². The van der Waals surface area contributed by atoms with Crippen LogP contribution < -0.4 is 0 Å². The SMILES string of the molecule is CCOC(=O)/C(=C(\COC(=O)OCC(O[N+](=O)[O-])O[N+](=O)[O-])c1ccc(S(C)(=O)=O)cc1)c1ccccc1. The third kappa shape index (κ3) is 9.05. The molecule has 2 rings (SSSR count). The van der Waals surface area contributed by atoms with Gasteiger partial charge >= 0.3 is 12.1 Å². The minimum Gasteiger partial charge on any atom is -0.462 e. The van der Waals surface area contributed by atoms with E-state index < -0.39 is 51.6 Å². The van der Waals surface area contributed by atoms with Crippen molar-refractivity contribution in [3.05, 3.63) is 86.0 Å². The Morgan fingerprint density at radius 2 is 1.45 bits per heavy atom. The summed E-state index contributed by atoms with van der Waals surface area (Å²) >= 11 is 0. The number of ether oxygens (including phenoxy) is 3. The van der Waals surface area contributed by atoms with Gasteiger partial charge in [0.25, 0.3) is 16.5 Å². The molecule has 15 nitrogen and oxygen atoms in total. The second-order valence-electron chi connectivity index (χ2n) is 7.17. The molecule has 0 saturated heterocycles. The van der Waals surface area contributed by atoms with E-state index in [0.717, 1.165) is 6.26 Å². The van der Waals surface area contributed by atoms with Gasteiger partial charge in [0.15, 0.2) is 9.84 Å². The lowest BCUT2D eigenvalue weighted by Crippen LogP contribution is -2.30. The van der Waals surface area contributed by atoms with Gasteiger partial charge in [-0.25, -0.2) is 18.0 Å². The maximum absolute atomic E-state index is 12.9. The lowest BCUT2D eigenvalue weighted by atomic mass is 9.95. The number of carbonyl (C=O) groups is 2. The fourth-order valence-electron chi connectivity index (χ4n) is 3.01. The lowest BCUT2D eigenvalue weighted by Gasteiger charge is -2.17. The van der Waals surface area contributed by atoms with Gasteiger partial charge in [-0.1, -0.05) is 42.5 Å². The second kappa shape index (κ2) is 13.5. The first-order valence-electron chi connectivity index (χ1n) is 10.6. The highest BCUT2D eigenvalue weighted by molar-refractivity contribution is 7.90. The van der Waals surface area contributed by atoms with E-state index >= 15 is 0 Å². The summed E-state index contributed by atoms with van der Waals surface area (Å²) in [5.74, 6) is -0.767. The van der Waals surface area contributed by atoms with E-state index in [1.165, 1.54) is 24.3 Å². The van der Waals surface area contributed by atoms with Crippen LogP contribution in [0, 0.1) is 20.2 Å². The molecule has 0 N–H and O–H groups in total. The molecular weight excluding hydrogens is 532 g/mol. The average Bonchev–Trinajstić information content (AvgIpc) is 2.84. The van der Waals surface area contributed by atoms with Crippen LogP contribution in [0.1, 0.15) is 18.1 Å². The van der Waals surface area contributed by atoms with Crippen LogP contribution in [-0.4, -0.2) is 63.1 Å². The molecular formula is C22H22N2O13S. The number of hydrogen-bond donors (Lipinski definition) is 0. The summed E-state index contributed by atoms with van der Waals surface area (Å²) in [7, 11) is -3.53. The Bertz CT molecular complexity index is 1280. The Morgan fingerprint density at radius 1 is 0.868 bits per heavy atom. The molecule has 2 aromatic rings. The maximum Gasteiger partial charge on any atom is 0.508 e. The largest absolute Gasteiger partial charge is 0.508 e. The average molecular weight is 554 g/mol. The fourth-order valence-corrected chi connectivity index (χ4v) is 3.64. The van der Waals surface area contributed by atoms with Gasteiger partial charge in [-0.2, -0.15) is 0 Å². The first kappa shape index (κ1) is 29.5. The van der Waals surface area contributed by atoms with Crippen LogP contribution in [-0.2, 0) is 38.5 Å². The molecule has 0 heterocycles. The van der Waals surface area contributed by atoms with Crippen molar-refractivity contribution in [2.24, 2.45) is 0 Å². The van der Waals surface area contributed by atoms with Crippen molar-refractivity contribution in [3.63, 3.8) is 0 Å². The molecule has 204 valence electrons. The highest BCUT2D eigenvalue weighted by Gasteiger charge is 2.24. The molecule has 2 aromatic carbocycles. The number of sulfone groups is 1. The number of hydrogen-bond acceptors (Lipinski definition) is 13. The summed E-state index contributed by atoms with van der Waals surface area (Å²) in [6.45, 7) is -0.0821. The van der Waals surface area contributed by atoms with Crippen molar-refractivity contribution in [1.82, 2.24) is 0 Å². The molecule has 0 atom stereocenters. The highest BCUT2D eigenvalue weighted by atomic mass is 32.2. The highest BCUT2D eigenvalue weighted by Crippen LogP contribution is 2.29. The predicted octanol–water partition coefficient (Wildman–Crippen LogP) is 2.46. The molecule has 0 spiro atoms. The van der Waals surface area contributed by atoms with Gasteiger partial charge in [-0.05, 0) is 30.2 Å². The Morgan fingerprint density at radius 3 is 1.95 bits per heavy atom. The lowest BCUT2D eigenvalue weighted by molar-refractivity contribution is -0.851. The summed E-state index contributed by atoms with van der Waals surface area (Å²) in [4.78, 5) is 53.8. The monoisotopic (exact) mass is 554 g/mol. The van der Waals surface area contributed by atoms with Crippen molar-refractivity contribution >= 4 is 33.1 Å². The van der Waals surface area contributed by atoms with Crippen LogP contribution in [0.4, 0.5) is 4.79 Å². The van der Waals surface area contributed by atoms with Crippen LogP contribution in [0.2, 0.25) is 0 Å². The van der Waals surface area contributed by atoms with E-state index in [9.17, 15) is 38.2 Å². The van der Waals surface area contributed by atoms with Gasteiger partial charge in [0.2, 0.25) is 0 Å². The van der Waals surface area contributed by atoms with Gasteiger partial charge in [-0.15, -0.1) is 20.2 Å². The van der Waals surface area contributed by atoms with E-state index in [0.29, 0.717) is 11.1 Å². The minimum absolute atomic E-state index is 0.000876. The molecule has 0 aliphatic heterocycles. The first-order valence-corrected chi connectivity index (χ1v) is 12.5. The summed E-state index contributed by atoms with van der Waals surface area (Å²) in [6.07, 6.45) is -2.59. The summed E-state index contributed by atoms with van der Waals surface area (Å²) in [5.41, 5.74) is 0.789. The van der Waals surface area contributed by atoms with Crippen LogP contribution >= 0.6 is 0 Å². The zero-order chi connectivity index (χ0) is 28.3. The van der Waals surface area contributed by atoms with Gasteiger partial charge in [0, 0.05) is 11.8 Å². The summed E-state index contributed by atoms with van der Waals surface area (Å²) in [5, 5.41) is 18.1. The molecule has 16 heteroatoms. The smallest absolute Gasteiger partial charge is 0.462 e. The standard InChI is InChI=1S/C22H22N2O13S/c1-3-33-21(25)20(16-7-5-4-6-8-16)18(15-9-11-17(12-10-15)38(2,31)32)13-34-22(26)35-14-19(36-23(27)28)37-24(29)30/h4-12,19H,3,13-14H2,1-2H3/b20-18+. The molecule has 0 saturated carbocycles. The summed E-state index contributed by atoms with van der Waals surface area (Å²) < 4.78 is 38.6. The number of benzene rings is 2. The Labute approximate surface area is 215 Å². The van der Waals surface area contributed by atoms with Crippen molar-refractivity contribution in [2.45, 2.75) is 18.1 Å². The number of rotatable bonds is 13. The van der Waals surface area contributed by atoms with Crippen LogP contribution in [0.3, 0.4) is 0 Å². The van der Waals surface area contributed by atoms with Gasteiger partial charge in [0.05, 0.1) is 17.1 Å². The zero-order valence-electron chi connectivity index (χ0n) is 20.0. The zero-order valence-corrected chi connectivity index (χ0v) is 20.8. The fraction of sp³-hybridized carbons (Fsp3) is 0.273. The van der Waals surface area contributed by atoms with E-state index in [1.807, 2.05) is 0 Å². The van der Waals surface area contributed by atoms with Crippen LogP contribution in [0.5, 0.6) is 0 Å². The third-order valence-corrected chi connectivity index (χ3v) is 5.68. The molecule has 38 heavy (non-hydrogen) atoms. The normalized spacial score (nSPS) is 11.7. The number of nitrogens with zero attached hydrogens (tertiary/aromatic N) is 2. The quantitative estimate of drug-likeness (QED) is 0.0873. The molecule has 0 fully saturated rings. The van der Waals surface area contributed by atoms with E-state index in [-0.39, 0.29) is 22.6 Å². The number of esters is 1. The molecule has 0 unspecified atom stereocenters. The molecule has 0 bridgehead atoms. The molecule has 0 amide bonds. The first-order chi connectivity index (χ1) is 17.9. The minimum atomic E-state index is -3.53. The van der Waals surface area contributed by atoms with Crippen LogP contribution in [0.25, 0.3) is 11.1 Å². The Hall–Kier alpha value is -4.73. The van der Waals surface area contributed by atoms with Crippen molar-refractivity contribution in [3.8, 4) is 0 Å². The maximum atomic E-state index is 12.9. The Balaban J connectivity index is 2.41. The molecule has 0 aliphatic rings.